The van der Waals surface area contributed by atoms with E-state index in [0.29, 0.717) is 12.0 Å². The van der Waals surface area contributed by atoms with Gasteiger partial charge < -0.3 is 4.79 Å². The number of Topliss-reactive ketones (excluding diaryl/α,β-unsaturated/α-hetero) is 2. The highest BCUT2D eigenvalue weighted by Gasteiger charge is 2.37. The summed E-state index contributed by atoms with van der Waals surface area (Å²) < 4.78 is 36.9. The number of rotatable bonds is 4. The molecule has 2 aromatic rings. The third kappa shape index (κ3) is 17.3. The van der Waals surface area contributed by atoms with Gasteiger partial charge >= 0.3 is 6.18 Å². The summed E-state index contributed by atoms with van der Waals surface area (Å²) >= 11 is 0. The van der Waals surface area contributed by atoms with Gasteiger partial charge in [0.05, 0.1) is 5.66 Å². The molecule has 0 saturated heterocycles. The largest absolute Gasteiger partial charge is 0.399 e. The summed E-state index contributed by atoms with van der Waals surface area (Å²) in [5.41, 5.74) is 0.517. The van der Waals surface area contributed by atoms with E-state index < -0.39 is 11.8 Å². The highest BCUT2D eigenvalue weighted by molar-refractivity contribution is 7.17. The molecule has 0 amide bonds. The predicted octanol–water partition coefficient (Wildman–Crippen LogP) is 10.8. The molecule has 6 heteroatoms. The molecule has 4 rings (SSSR count). The number of hydrogen-bond acceptors (Lipinski definition) is 2. The van der Waals surface area contributed by atoms with Crippen molar-refractivity contribution in [3.63, 3.8) is 0 Å². The summed E-state index contributed by atoms with van der Waals surface area (Å²) in [4.78, 5) is 20.7. The Labute approximate surface area is 237 Å². The van der Waals surface area contributed by atoms with E-state index in [4.69, 9.17) is 0 Å². The SMILES string of the molecule is CC.CC(=O)c1ccc(C(P)C(F)(F)F)cc1.CC1CC1.CC1CCC(c2ccccc2)CC1.CCC(C)=O. The number of carbonyl (C=O) groups excluding carboxylic acids is 2. The van der Waals surface area contributed by atoms with Gasteiger partial charge in [-0.3, -0.25) is 4.79 Å². The van der Waals surface area contributed by atoms with Crippen LogP contribution in [-0.4, -0.2) is 17.7 Å². The van der Waals surface area contributed by atoms with Crippen LogP contribution in [0.5, 0.6) is 0 Å². The molecule has 0 heterocycles. The highest BCUT2D eigenvalue weighted by Crippen LogP contribution is 2.39. The lowest BCUT2D eigenvalue weighted by atomic mass is 9.79. The van der Waals surface area contributed by atoms with Crippen molar-refractivity contribution in [1.82, 2.24) is 0 Å². The van der Waals surface area contributed by atoms with Gasteiger partial charge in [0.15, 0.2) is 5.78 Å². The van der Waals surface area contributed by atoms with E-state index in [2.05, 4.69) is 44.2 Å². The Bertz CT molecular complexity index is 914. The zero-order valence-electron chi connectivity index (χ0n) is 25.0. The first-order chi connectivity index (χ1) is 18.3. The van der Waals surface area contributed by atoms with E-state index >= 15 is 0 Å². The summed E-state index contributed by atoms with van der Waals surface area (Å²) in [5, 5.41) is 0. The van der Waals surface area contributed by atoms with E-state index in [1.54, 1.807) is 21.7 Å². The van der Waals surface area contributed by atoms with Gasteiger partial charge in [0.2, 0.25) is 0 Å². The maximum absolute atomic E-state index is 12.3. The monoisotopic (exact) mass is 566 g/mol. The maximum Gasteiger partial charge on any atom is 0.399 e. The van der Waals surface area contributed by atoms with Gasteiger partial charge in [0, 0.05) is 12.0 Å². The zero-order chi connectivity index (χ0) is 30.0. The second kappa shape index (κ2) is 20.0. The summed E-state index contributed by atoms with van der Waals surface area (Å²) in [6, 6.07) is 16.4. The lowest BCUT2D eigenvalue weighted by Crippen LogP contribution is -2.15. The Balaban J connectivity index is 0.000000541. The van der Waals surface area contributed by atoms with Crippen molar-refractivity contribution >= 4 is 20.8 Å². The average Bonchev–Trinajstić information content (AvgIpc) is 3.73. The van der Waals surface area contributed by atoms with Crippen molar-refractivity contribution in [1.29, 1.82) is 0 Å². The van der Waals surface area contributed by atoms with Crippen LogP contribution in [-0.2, 0) is 4.79 Å². The molecule has 0 spiro atoms. The topological polar surface area (TPSA) is 34.1 Å². The van der Waals surface area contributed by atoms with Crippen molar-refractivity contribution in [3.05, 3.63) is 71.3 Å². The number of halogens is 3. The molecule has 2 unspecified atom stereocenters. The lowest BCUT2D eigenvalue weighted by Gasteiger charge is -2.26. The van der Waals surface area contributed by atoms with E-state index in [1.807, 2.05) is 20.8 Å². The number of hydrogen-bond donors (Lipinski definition) is 0. The minimum Gasteiger partial charge on any atom is -0.300 e. The molecule has 0 radical (unpaired) electrons. The minimum atomic E-state index is -4.28. The molecule has 2 nitrogen and oxygen atoms in total. The molecule has 2 saturated carbocycles. The van der Waals surface area contributed by atoms with Crippen LogP contribution in [0.4, 0.5) is 13.2 Å². The molecule has 0 aliphatic heterocycles. The first kappa shape index (κ1) is 37.0. The van der Waals surface area contributed by atoms with E-state index in [9.17, 15) is 22.8 Å². The minimum absolute atomic E-state index is 0.137. The van der Waals surface area contributed by atoms with Crippen molar-refractivity contribution in [2.45, 2.75) is 111 Å². The van der Waals surface area contributed by atoms with Crippen molar-refractivity contribution in [2.24, 2.45) is 11.8 Å². The molecule has 0 bridgehead atoms. The fraction of sp³-hybridized carbons (Fsp3) is 0.576. The molecular formula is C33H50F3O2P. The Kier molecular flexibility index (Phi) is 18.9. The van der Waals surface area contributed by atoms with Gasteiger partial charge in [0.25, 0.3) is 0 Å². The maximum atomic E-state index is 12.3. The van der Waals surface area contributed by atoms with Crippen LogP contribution in [0.1, 0.15) is 126 Å². The number of ketones is 2. The summed E-state index contributed by atoms with van der Waals surface area (Å²) in [6.07, 6.45) is 4.98. The van der Waals surface area contributed by atoms with Crippen LogP contribution in [0, 0.1) is 11.8 Å². The normalized spacial score (nSPS) is 18.6. The van der Waals surface area contributed by atoms with Gasteiger partial charge in [-0.15, -0.1) is 9.24 Å². The highest BCUT2D eigenvalue weighted by atomic mass is 31.0. The van der Waals surface area contributed by atoms with Crippen LogP contribution >= 0.6 is 9.24 Å². The molecule has 0 aromatic heterocycles. The van der Waals surface area contributed by atoms with Gasteiger partial charge in [-0.25, -0.2) is 0 Å². The molecule has 2 fully saturated rings. The molecule has 39 heavy (non-hydrogen) atoms. The van der Waals surface area contributed by atoms with Crippen LogP contribution in [0.2, 0.25) is 0 Å². The Hall–Kier alpha value is -2.00. The number of carbonyl (C=O) groups is 2. The zero-order valence-corrected chi connectivity index (χ0v) is 26.1. The Morgan fingerprint density at radius 1 is 0.821 bits per heavy atom. The van der Waals surface area contributed by atoms with Crippen molar-refractivity contribution < 1.29 is 22.8 Å². The van der Waals surface area contributed by atoms with Crippen LogP contribution in [0.3, 0.4) is 0 Å². The summed E-state index contributed by atoms with van der Waals surface area (Å²) in [5.74, 6) is 2.98. The second-order valence-corrected chi connectivity index (χ2v) is 11.0. The molecule has 2 aliphatic rings. The number of benzene rings is 2. The van der Waals surface area contributed by atoms with Crippen molar-refractivity contribution in [2.75, 3.05) is 0 Å². The third-order valence-corrected chi connectivity index (χ3v) is 7.44. The average molecular weight is 567 g/mol. The lowest BCUT2D eigenvalue weighted by molar-refractivity contribution is -0.130. The fourth-order valence-electron chi connectivity index (χ4n) is 3.60. The van der Waals surface area contributed by atoms with Crippen LogP contribution in [0.15, 0.2) is 54.6 Å². The van der Waals surface area contributed by atoms with E-state index in [-0.39, 0.29) is 17.1 Å². The van der Waals surface area contributed by atoms with E-state index in [0.717, 1.165) is 17.8 Å². The molecule has 2 aliphatic carbocycles. The number of alkyl halides is 3. The predicted molar refractivity (Wildman–Crippen MR) is 162 cm³/mol. The van der Waals surface area contributed by atoms with E-state index in [1.165, 1.54) is 69.7 Å². The molecular weight excluding hydrogens is 516 g/mol. The van der Waals surface area contributed by atoms with Gasteiger partial charge in [0.1, 0.15) is 5.78 Å². The summed E-state index contributed by atoms with van der Waals surface area (Å²) in [7, 11) is 1.75. The fourth-order valence-corrected chi connectivity index (χ4v) is 3.82. The first-order valence-electron chi connectivity index (χ1n) is 14.3. The smallest absolute Gasteiger partial charge is 0.300 e. The first-order valence-corrected chi connectivity index (χ1v) is 15.0. The van der Waals surface area contributed by atoms with Gasteiger partial charge in [-0.05, 0) is 55.6 Å². The van der Waals surface area contributed by atoms with Gasteiger partial charge in [-0.1, -0.05) is 115 Å². The third-order valence-electron chi connectivity index (χ3n) is 6.68. The molecule has 2 atom stereocenters. The summed E-state index contributed by atoms with van der Waals surface area (Å²) in [6.45, 7) is 13.5. The molecule has 0 N–H and O–H groups in total. The van der Waals surface area contributed by atoms with Crippen LogP contribution < -0.4 is 0 Å². The quantitative estimate of drug-likeness (QED) is 0.272. The van der Waals surface area contributed by atoms with Crippen molar-refractivity contribution in [3.8, 4) is 0 Å². The second-order valence-electron chi connectivity index (χ2n) is 10.3. The van der Waals surface area contributed by atoms with Crippen LogP contribution in [0.25, 0.3) is 0 Å². The van der Waals surface area contributed by atoms with Gasteiger partial charge in [-0.2, -0.15) is 13.2 Å². The Morgan fingerprint density at radius 2 is 1.23 bits per heavy atom. The Morgan fingerprint density at radius 3 is 1.56 bits per heavy atom. The standard InChI is InChI=1S/C13H18.C10H10F3OP.C4H8O.C4H8.C2H6/c1-11-7-9-13(10-8-11)12-5-3-2-4-6-12;1-6(14)7-2-4-8(5-3-7)9(15)10(11,12)13;1-3-4(2)5;1-4-2-3-4;1-2/h2-6,11,13H,7-10H2,1H3;2-5,9H,15H2,1H3;3H2,1-2H3;4H,2-3H2,1H3;1-2H3. The molecule has 2 aromatic carbocycles. The molecule has 220 valence electrons.